The van der Waals surface area contributed by atoms with E-state index < -0.39 is 17.7 Å². The number of aryl methyl sites for hydroxylation is 1. The van der Waals surface area contributed by atoms with Gasteiger partial charge in [0.25, 0.3) is 0 Å². The second-order valence-corrected chi connectivity index (χ2v) is 8.07. The first-order valence-corrected chi connectivity index (χ1v) is 10.3. The lowest BCUT2D eigenvalue weighted by Gasteiger charge is -2.45. The molecule has 2 saturated heterocycles. The van der Waals surface area contributed by atoms with Crippen molar-refractivity contribution in [1.29, 1.82) is 0 Å². The van der Waals surface area contributed by atoms with E-state index in [1.807, 2.05) is 19.9 Å². The molecule has 2 bridgehead atoms. The van der Waals surface area contributed by atoms with Gasteiger partial charge in [-0.05, 0) is 31.0 Å². The summed E-state index contributed by atoms with van der Waals surface area (Å²) in [6.07, 6.45) is 3.16. The van der Waals surface area contributed by atoms with E-state index in [9.17, 15) is 14.3 Å². The molecule has 1 N–H and O–H groups in total. The maximum atomic E-state index is 14.5. The van der Waals surface area contributed by atoms with E-state index in [0.717, 1.165) is 18.4 Å². The van der Waals surface area contributed by atoms with Gasteiger partial charge in [0.15, 0.2) is 11.6 Å². The fraction of sp³-hybridized carbons (Fsp3) is 0.500. The molecule has 160 valence electrons. The van der Waals surface area contributed by atoms with Gasteiger partial charge >= 0.3 is 5.97 Å². The number of anilines is 1. The number of halogens is 1. The van der Waals surface area contributed by atoms with E-state index in [0.29, 0.717) is 43.6 Å². The van der Waals surface area contributed by atoms with Crippen molar-refractivity contribution in [3.8, 4) is 11.6 Å². The number of carboxylic acid groups (broad SMARTS) is 1. The zero-order valence-corrected chi connectivity index (χ0v) is 17.2. The average Bonchev–Trinajstić information content (AvgIpc) is 2.70. The van der Waals surface area contributed by atoms with Crippen LogP contribution in [0.3, 0.4) is 0 Å². The predicted octanol–water partition coefficient (Wildman–Crippen LogP) is 3.45. The predicted molar refractivity (Wildman–Crippen MR) is 108 cm³/mol. The van der Waals surface area contributed by atoms with Crippen LogP contribution < -0.4 is 9.64 Å². The van der Waals surface area contributed by atoms with E-state index in [2.05, 4.69) is 14.9 Å². The van der Waals surface area contributed by atoms with Crippen molar-refractivity contribution in [3.63, 3.8) is 0 Å². The summed E-state index contributed by atoms with van der Waals surface area (Å²) in [5.74, 6) is -0.684. The molecular weight excluding hydrogens is 389 g/mol. The van der Waals surface area contributed by atoms with Crippen LogP contribution in [0.25, 0.3) is 0 Å². The molecule has 7 nitrogen and oxygen atoms in total. The van der Waals surface area contributed by atoms with Crippen molar-refractivity contribution in [2.75, 3.05) is 31.2 Å². The van der Waals surface area contributed by atoms with Gasteiger partial charge in [-0.2, -0.15) is 0 Å². The number of hydrogen-bond acceptors (Lipinski definition) is 6. The van der Waals surface area contributed by atoms with E-state index in [1.54, 1.807) is 6.07 Å². The number of aliphatic carboxylic acids is 1. The Kier molecular flexibility index (Phi) is 5.85. The third-order valence-corrected chi connectivity index (χ3v) is 5.93. The minimum absolute atomic E-state index is 0.0997. The number of nitrogens with zero attached hydrogens (tertiary/aromatic N) is 3. The number of hydrogen-bond donors (Lipinski definition) is 1. The number of piperidine rings is 1. The van der Waals surface area contributed by atoms with E-state index in [-0.39, 0.29) is 17.6 Å². The number of aromatic nitrogens is 2. The van der Waals surface area contributed by atoms with Crippen molar-refractivity contribution in [2.24, 2.45) is 17.8 Å². The van der Waals surface area contributed by atoms with Gasteiger partial charge in [-0.15, -0.1) is 0 Å². The lowest BCUT2D eigenvalue weighted by molar-refractivity contribution is -0.154. The molecule has 2 fully saturated rings. The van der Waals surface area contributed by atoms with Crippen molar-refractivity contribution in [2.45, 2.75) is 26.7 Å². The fourth-order valence-electron chi connectivity index (χ4n) is 4.53. The van der Waals surface area contributed by atoms with Crippen LogP contribution in [-0.2, 0) is 16.0 Å². The zero-order valence-electron chi connectivity index (χ0n) is 17.2. The average molecular weight is 415 g/mol. The van der Waals surface area contributed by atoms with E-state index in [4.69, 9.17) is 9.47 Å². The molecular formula is C22H26FN3O4. The molecule has 2 atom stereocenters. The summed E-state index contributed by atoms with van der Waals surface area (Å²) in [4.78, 5) is 22.4. The first-order valence-electron chi connectivity index (χ1n) is 10.3. The van der Waals surface area contributed by atoms with Crippen molar-refractivity contribution < 1.29 is 23.8 Å². The Labute approximate surface area is 174 Å². The topological polar surface area (TPSA) is 84.8 Å². The summed E-state index contributed by atoms with van der Waals surface area (Å²) in [7, 11) is 0. The van der Waals surface area contributed by atoms with Crippen LogP contribution in [0.2, 0.25) is 0 Å². The molecule has 2 aliphatic rings. The van der Waals surface area contributed by atoms with Gasteiger partial charge in [0.05, 0.1) is 24.7 Å². The summed E-state index contributed by atoms with van der Waals surface area (Å²) >= 11 is 0. The highest BCUT2D eigenvalue weighted by Gasteiger charge is 2.45. The van der Waals surface area contributed by atoms with Crippen LogP contribution in [0, 0.1) is 30.5 Å². The molecule has 2 aromatic rings. The van der Waals surface area contributed by atoms with Gasteiger partial charge in [0.1, 0.15) is 12.1 Å². The summed E-state index contributed by atoms with van der Waals surface area (Å²) < 4.78 is 25.8. The summed E-state index contributed by atoms with van der Waals surface area (Å²) in [5.41, 5.74) is 1.62. The van der Waals surface area contributed by atoms with Gasteiger partial charge in [-0.25, -0.2) is 14.4 Å². The second kappa shape index (κ2) is 8.55. The van der Waals surface area contributed by atoms with Crippen LogP contribution in [0.4, 0.5) is 10.2 Å². The van der Waals surface area contributed by atoms with Crippen molar-refractivity contribution in [3.05, 3.63) is 41.5 Å². The quantitative estimate of drug-likeness (QED) is 0.773. The molecule has 0 amide bonds. The van der Waals surface area contributed by atoms with Crippen molar-refractivity contribution in [1.82, 2.24) is 9.97 Å². The molecule has 2 unspecified atom stereocenters. The minimum Gasteiger partial charge on any atom is -0.481 e. The van der Waals surface area contributed by atoms with Gasteiger partial charge in [-0.3, -0.25) is 4.79 Å². The standard InChI is InChI=1S/C22H26FN3O4/c1-3-4-14-5-6-18(17(23)7-14)30-21-13(2)20(24-12-25-21)26-8-15-10-29-11-16(9-26)19(15)22(27)28/h5-7,12,15-16,19H,3-4,8-11H2,1-2H3,(H,27,28). The third kappa shape index (κ3) is 3.96. The molecule has 4 rings (SSSR count). The number of rotatable bonds is 6. The Bertz CT molecular complexity index is 925. The zero-order chi connectivity index (χ0) is 21.3. The van der Waals surface area contributed by atoms with Crippen molar-refractivity contribution >= 4 is 11.8 Å². The number of ether oxygens (including phenoxy) is 2. The molecule has 3 heterocycles. The minimum atomic E-state index is -0.765. The Balaban J connectivity index is 1.56. The molecule has 0 spiro atoms. The van der Waals surface area contributed by atoms with Gasteiger partial charge in [0, 0.05) is 24.9 Å². The SMILES string of the molecule is CCCc1ccc(Oc2ncnc(N3CC4COCC(C3)C4C(=O)O)c2C)c(F)c1. The molecule has 8 heteroatoms. The highest BCUT2D eigenvalue weighted by Crippen LogP contribution is 2.37. The molecule has 0 radical (unpaired) electrons. The van der Waals surface area contributed by atoms with Gasteiger partial charge in [0.2, 0.25) is 5.88 Å². The van der Waals surface area contributed by atoms with E-state index in [1.165, 1.54) is 12.4 Å². The number of benzene rings is 1. The normalized spacial score (nSPS) is 23.3. The van der Waals surface area contributed by atoms with Crippen LogP contribution in [0.5, 0.6) is 11.6 Å². The molecule has 30 heavy (non-hydrogen) atoms. The molecule has 2 aliphatic heterocycles. The molecule has 0 saturated carbocycles. The summed E-state index contributed by atoms with van der Waals surface area (Å²) in [6, 6.07) is 4.98. The lowest BCUT2D eigenvalue weighted by Crippen LogP contribution is -2.55. The molecule has 1 aromatic heterocycles. The van der Waals surface area contributed by atoms with Crippen LogP contribution in [0.15, 0.2) is 24.5 Å². The monoisotopic (exact) mass is 415 g/mol. The Morgan fingerprint density at radius 2 is 2.03 bits per heavy atom. The van der Waals surface area contributed by atoms with Gasteiger partial charge < -0.3 is 19.5 Å². The Morgan fingerprint density at radius 1 is 1.30 bits per heavy atom. The smallest absolute Gasteiger partial charge is 0.307 e. The van der Waals surface area contributed by atoms with Crippen LogP contribution in [-0.4, -0.2) is 47.3 Å². The van der Waals surface area contributed by atoms with Gasteiger partial charge in [-0.1, -0.05) is 19.4 Å². The third-order valence-electron chi connectivity index (χ3n) is 5.93. The fourth-order valence-corrected chi connectivity index (χ4v) is 4.53. The number of carboxylic acids is 1. The number of carbonyl (C=O) groups is 1. The lowest BCUT2D eigenvalue weighted by atomic mass is 9.76. The maximum Gasteiger partial charge on any atom is 0.307 e. The largest absolute Gasteiger partial charge is 0.481 e. The first kappa shape index (κ1) is 20.5. The Hall–Kier alpha value is -2.74. The van der Waals surface area contributed by atoms with Crippen LogP contribution in [0.1, 0.15) is 24.5 Å². The molecule has 1 aromatic carbocycles. The summed E-state index contributed by atoms with van der Waals surface area (Å²) in [6.45, 7) is 5.80. The first-order chi connectivity index (χ1) is 14.5. The number of fused-ring (bicyclic) bond motifs is 2. The highest BCUT2D eigenvalue weighted by molar-refractivity contribution is 5.72. The molecule has 0 aliphatic carbocycles. The second-order valence-electron chi connectivity index (χ2n) is 8.07. The maximum absolute atomic E-state index is 14.5. The highest BCUT2D eigenvalue weighted by atomic mass is 19.1. The summed E-state index contributed by atoms with van der Waals surface area (Å²) in [5, 5.41) is 9.59. The van der Waals surface area contributed by atoms with E-state index >= 15 is 0 Å². The van der Waals surface area contributed by atoms with Crippen LogP contribution >= 0.6 is 0 Å². The Morgan fingerprint density at radius 3 is 2.67 bits per heavy atom.